The summed E-state index contributed by atoms with van der Waals surface area (Å²) in [6.07, 6.45) is 0.863. The Morgan fingerprint density at radius 2 is 2.05 bits per heavy atom. The van der Waals surface area contributed by atoms with E-state index in [1.807, 2.05) is 29.8 Å². The van der Waals surface area contributed by atoms with Crippen LogP contribution in [0, 0.1) is 6.92 Å². The summed E-state index contributed by atoms with van der Waals surface area (Å²) in [5.74, 6) is 0.772. The zero-order valence-corrected chi connectivity index (χ0v) is 12.7. The minimum Gasteiger partial charge on any atom is -0.270 e. The molecule has 1 aromatic heterocycles. The predicted molar refractivity (Wildman–Crippen MR) is 81.3 cm³/mol. The zero-order valence-electron chi connectivity index (χ0n) is 11.2. The van der Waals surface area contributed by atoms with Crippen molar-refractivity contribution in [1.29, 1.82) is 0 Å². The van der Waals surface area contributed by atoms with E-state index in [9.17, 15) is 0 Å². The molecule has 2 aromatic rings. The van der Waals surface area contributed by atoms with Crippen molar-refractivity contribution in [3.05, 3.63) is 52.3 Å². The molecule has 0 saturated carbocycles. The lowest BCUT2D eigenvalue weighted by Crippen LogP contribution is -2.10. The van der Waals surface area contributed by atoms with Crippen LogP contribution in [0.2, 0.25) is 5.02 Å². The van der Waals surface area contributed by atoms with Crippen LogP contribution in [0.25, 0.3) is 0 Å². The number of hydrogen-bond acceptors (Lipinski definition) is 1. The molecule has 0 spiro atoms. The molecule has 1 unspecified atom stereocenters. The van der Waals surface area contributed by atoms with Crippen molar-refractivity contribution in [2.45, 2.75) is 32.7 Å². The smallest absolute Gasteiger partial charge is 0.0596 e. The third-order valence-corrected chi connectivity index (χ3v) is 3.99. The molecule has 0 aliphatic rings. The third kappa shape index (κ3) is 3.31. The van der Waals surface area contributed by atoms with Crippen LogP contribution in [0.4, 0.5) is 0 Å². The molecule has 0 N–H and O–H groups in total. The molecule has 0 radical (unpaired) electrons. The van der Waals surface area contributed by atoms with Crippen molar-refractivity contribution in [3.63, 3.8) is 0 Å². The minimum absolute atomic E-state index is 0.219. The fourth-order valence-corrected chi connectivity index (χ4v) is 2.91. The van der Waals surface area contributed by atoms with Gasteiger partial charge in [-0.05, 0) is 38.0 Å². The summed E-state index contributed by atoms with van der Waals surface area (Å²) < 4.78 is 2.03. The van der Waals surface area contributed by atoms with Gasteiger partial charge in [0.2, 0.25) is 0 Å². The van der Waals surface area contributed by atoms with Crippen molar-refractivity contribution in [2.75, 3.05) is 5.88 Å². The molecule has 1 heterocycles. The van der Waals surface area contributed by atoms with E-state index in [-0.39, 0.29) is 5.92 Å². The standard InChI is InChI=1S/C15H18Cl2N2/c1-3-19-13(8-11(2)18-19)9-12(10-16)14-6-4-5-7-15(14)17/h4-8,12H,3,9-10H2,1-2H3. The van der Waals surface area contributed by atoms with Gasteiger partial charge < -0.3 is 0 Å². The summed E-state index contributed by atoms with van der Waals surface area (Å²) in [6, 6.07) is 10.0. The predicted octanol–water partition coefficient (Wildman–Crippen LogP) is 4.43. The van der Waals surface area contributed by atoms with Crippen LogP contribution in [-0.2, 0) is 13.0 Å². The van der Waals surface area contributed by atoms with Crippen molar-refractivity contribution in [1.82, 2.24) is 9.78 Å². The number of alkyl halides is 1. The van der Waals surface area contributed by atoms with Crippen molar-refractivity contribution in [3.8, 4) is 0 Å². The van der Waals surface area contributed by atoms with Crippen LogP contribution >= 0.6 is 23.2 Å². The lowest BCUT2D eigenvalue weighted by molar-refractivity contribution is 0.596. The van der Waals surface area contributed by atoms with Crippen LogP contribution in [0.5, 0.6) is 0 Å². The normalized spacial score (nSPS) is 12.6. The maximum absolute atomic E-state index is 6.26. The summed E-state index contributed by atoms with van der Waals surface area (Å²) in [5, 5.41) is 5.26. The maximum Gasteiger partial charge on any atom is 0.0596 e. The number of benzene rings is 1. The highest BCUT2D eigenvalue weighted by Gasteiger charge is 2.16. The lowest BCUT2D eigenvalue weighted by Gasteiger charge is -2.16. The van der Waals surface area contributed by atoms with Gasteiger partial charge >= 0.3 is 0 Å². The Balaban J connectivity index is 2.26. The van der Waals surface area contributed by atoms with Gasteiger partial charge in [-0.1, -0.05) is 29.8 Å². The second kappa shape index (κ2) is 6.44. The monoisotopic (exact) mass is 296 g/mol. The SMILES string of the molecule is CCn1nc(C)cc1CC(CCl)c1ccccc1Cl. The Morgan fingerprint density at radius 3 is 2.68 bits per heavy atom. The Labute approximate surface area is 124 Å². The number of hydrogen-bond donors (Lipinski definition) is 0. The quantitative estimate of drug-likeness (QED) is 0.746. The van der Waals surface area contributed by atoms with Crippen LogP contribution in [0.15, 0.2) is 30.3 Å². The first-order valence-corrected chi connectivity index (χ1v) is 7.40. The van der Waals surface area contributed by atoms with Gasteiger partial charge in [-0.25, -0.2) is 0 Å². The number of aromatic nitrogens is 2. The molecule has 1 aromatic carbocycles. The number of aryl methyl sites for hydroxylation is 2. The summed E-state index contributed by atoms with van der Waals surface area (Å²) in [5.41, 5.74) is 3.37. The highest BCUT2D eigenvalue weighted by molar-refractivity contribution is 6.31. The van der Waals surface area contributed by atoms with Gasteiger partial charge in [-0.2, -0.15) is 5.10 Å². The Bertz CT molecular complexity index is 549. The topological polar surface area (TPSA) is 17.8 Å². The molecule has 0 bridgehead atoms. The van der Waals surface area contributed by atoms with Gasteiger partial charge in [0.15, 0.2) is 0 Å². The molecule has 19 heavy (non-hydrogen) atoms. The van der Waals surface area contributed by atoms with E-state index >= 15 is 0 Å². The van der Waals surface area contributed by atoms with E-state index in [1.165, 1.54) is 5.69 Å². The first kappa shape index (κ1) is 14.4. The van der Waals surface area contributed by atoms with Gasteiger partial charge in [0.25, 0.3) is 0 Å². The second-order valence-corrected chi connectivity index (χ2v) is 5.39. The molecular weight excluding hydrogens is 279 g/mol. The van der Waals surface area contributed by atoms with Crippen LogP contribution in [-0.4, -0.2) is 15.7 Å². The van der Waals surface area contributed by atoms with E-state index < -0.39 is 0 Å². The third-order valence-electron chi connectivity index (χ3n) is 3.27. The molecular formula is C15H18Cl2N2. The average Bonchev–Trinajstić information content (AvgIpc) is 2.77. The van der Waals surface area contributed by atoms with E-state index in [0.29, 0.717) is 5.88 Å². The van der Waals surface area contributed by atoms with E-state index in [1.54, 1.807) is 0 Å². The Hall–Kier alpha value is -0.990. The molecule has 0 amide bonds. The Morgan fingerprint density at radius 1 is 1.32 bits per heavy atom. The first-order chi connectivity index (χ1) is 9.15. The van der Waals surface area contributed by atoms with Gasteiger partial charge in [0.05, 0.1) is 5.69 Å². The minimum atomic E-state index is 0.219. The second-order valence-electron chi connectivity index (χ2n) is 4.67. The van der Waals surface area contributed by atoms with Gasteiger partial charge in [-0.15, -0.1) is 11.6 Å². The zero-order chi connectivity index (χ0) is 13.8. The van der Waals surface area contributed by atoms with Gasteiger partial charge in [0.1, 0.15) is 0 Å². The van der Waals surface area contributed by atoms with Crippen LogP contribution in [0.3, 0.4) is 0 Å². The highest BCUT2D eigenvalue weighted by atomic mass is 35.5. The van der Waals surface area contributed by atoms with Crippen molar-refractivity contribution in [2.24, 2.45) is 0 Å². The largest absolute Gasteiger partial charge is 0.270 e. The molecule has 4 heteroatoms. The van der Waals surface area contributed by atoms with Crippen LogP contribution < -0.4 is 0 Å². The van der Waals surface area contributed by atoms with Crippen molar-refractivity contribution < 1.29 is 0 Å². The molecule has 0 aliphatic carbocycles. The molecule has 0 saturated heterocycles. The highest BCUT2D eigenvalue weighted by Crippen LogP contribution is 2.28. The molecule has 102 valence electrons. The molecule has 1 atom stereocenters. The number of nitrogens with zero attached hydrogens (tertiary/aromatic N) is 2. The summed E-state index contributed by atoms with van der Waals surface area (Å²) >= 11 is 12.4. The maximum atomic E-state index is 6.26. The van der Waals surface area contributed by atoms with E-state index in [4.69, 9.17) is 23.2 Å². The lowest BCUT2D eigenvalue weighted by atomic mass is 9.96. The average molecular weight is 297 g/mol. The fourth-order valence-electron chi connectivity index (χ4n) is 2.34. The van der Waals surface area contributed by atoms with E-state index in [0.717, 1.165) is 29.2 Å². The summed E-state index contributed by atoms with van der Waals surface area (Å²) in [7, 11) is 0. The molecule has 2 nitrogen and oxygen atoms in total. The summed E-state index contributed by atoms with van der Waals surface area (Å²) in [4.78, 5) is 0. The fraction of sp³-hybridized carbons (Fsp3) is 0.400. The molecule has 0 fully saturated rings. The Kier molecular flexibility index (Phi) is 4.89. The van der Waals surface area contributed by atoms with E-state index in [2.05, 4.69) is 24.2 Å². The first-order valence-electron chi connectivity index (χ1n) is 6.49. The summed E-state index contributed by atoms with van der Waals surface area (Å²) in [6.45, 7) is 4.99. The molecule has 0 aliphatic heterocycles. The van der Waals surface area contributed by atoms with Gasteiger partial charge in [-0.3, -0.25) is 4.68 Å². The van der Waals surface area contributed by atoms with Gasteiger partial charge in [0, 0.05) is 29.1 Å². The molecule has 2 rings (SSSR count). The number of rotatable bonds is 5. The number of halogens is 2. The van der Waals surface area contributed by atoms with Crippen molar-refractivity contribution >= 4 is 23.2 Å². The van der Waals surface area contributed by atoms with Crippen LogP contribution in [0.1, 0.15) is 29.8 Å².